The third-order valence-electron chi connectivity index (χ3n) is 2.77. The van der Waals surface area contributed by atoms with Crippen LogP contribution in [0.15, 0.2) is 12.2 Å². The van der Waals surface area contributed by atoms with E-state index in [0.717, 1.165) is 0 Å². The van der Waals surface area contributed by atoms with E-state index >= 15 is 0 Å². The summed E-state index contributed by atoms with van der Waals surface area (Å²) in [4.78, 5) is 11.4. The largest absolute Gasteiger partial charge is 0.466 e. The third kappa shape index (κ3) is 4.91. The lowest BCUT2D eigenvalue weighted by Crippen LogP contribution is -2.34. The number of hydrogen-bond acceptors (Lipinski definition) is 6. The van der Waals surface area contributed by atoms with E-state index < -0.39 is 11.8 Å². The number of esters is 1. The van der Waals surface area contributed by atoms with Crippen molar-refractivity contribution in [3.8, 4) is 0 Å². The number of hydrogen-bond donors (Lipinski definition) is 0. The van der Waals surface area contributed by atoms with Crippen molar-refractivity contribution in [2.45, 2.75) is 38.3 Å². The molecule has 0 saturated carbocycles. The summed E-state index contributed by atoms with van der Waals surface area (Å²) in [6, 6.07) is 0. The van der Waals surface area contributed by atoms with Gasteiger partial charge >= 0.3 is 5.97 Å². The van der Waals surface area contributed by atoms with Crippen molar-refractivity contribution in [2.75, 3.05) is 27.6 Å². The molecule has 0 aromatic heterocycles. The molecule has 6 heteroatoms. The molecule has 1 aliphatic rings. The first kappa shape index (κ1) is 16.1. The van der Waals surface area contributed by atoms with Crippen LogP contribution in [0.3, 0.4) is 0 Å². The summed E-state index contributed by atoms with van der Waals surface area (Å²) in [5.41, 5.74) is 0.330. The monoisotopic (exact) mass is 274 g/mol. The molecule has 2 atom stereocenters. The quantitative estimate of drug-likeness (QED) is 0.395. The molecule has 1 rings (SSSR count). The molecule has 0 N–H and O–H groups in total. The maximum atomic E-state index is 11.4. The van der Waals surface area contributed by atoms with E-state index in [4.69, 9.17) is 18.9 Å². The van der Waals surface area contributed by atoms with Crippen LogP contribution in [-0.4, -0.2) is 51.6 Å². The van der Waals surface area contributed by atoms with Crippen LogP contribution in [-0.2, 0) is 28.5 Å². The van der Waals surface area contributed by atoms with Crippen LogP contribution >= 0.6 is 0 Å². The average Bonchev–Trinajstić information content (AvgIpc) is 2.73. The predicted molar refractivity (Wildman–Crippen MR) is 67.4 cm³/mol. The summed E-state index contributed by atoms with van der Waals surface area (Å²) < 4.78 is 26.3. The summed E-state index contributed by atoms with van der Waals surface area (Å²) in [7, 11) is 2.85. The van der Waals surface area contributed by atoms with Gasteiger partial charge in [0, 0.05) is 19.1 Å². The van der Waals surface area contributed by atoms with Gasteiger partial charge in [-0.2, -0.15) is 0 Å². The maximum absolute atomic E-state index is 11.4. The van der Waals surface area contributed by atoms with Crippen LogP contribution in [0.1, 0.15) is 20.3 Å². The van der Waals surface area contributed by atoms with Crippen molar-refractivity contribution in [1.29, 1.82) is 0 Å². The van der Waals surface area contributed by atoms with Crippen LogP contribution in [0.25, 0.3) is 0 Å². The van der Waals surface area contributed by atoms with Gasteiger partial charge in [0.15, 0.2) is 5.79 Å². The highest BCUT2D eigenvalue weighted by Crippen LogP contribution is 2.27. The minimum atomic E-state index is -0.647. The molecule has 6 nitrogen and oxygen atoms in total. The Bertz CT molecular complexity index is 325. The van der Waals surface area contributed by atoms with Gasteiger partial charge in [-0.15, -0.1) is 0 Å². The van der Waals surface area contributed by atoms with Crippen molar-refractivity contribution in [1.82, 2.24) is 0 Å². The highest BCUT2D eigenvalue weighted by atomic mass is 16.8. The zero-order valence-corrected chi connectivity index (χ0v) is 11.9. The van der Waals surface area contributed by atoms with Gasteiger partial charge in [-0.1, -0.05) is 6.58 Å². The van der Waals surface area contributed by atoms with Gasteiger partial charge in [0.2, 0.25) is 0 Å². The Morgan fingerprint density at radius 2 is 2.16 bits per heavy atom. The Labute approximate surface area is 113 Å². The SMILES string of the molecule is C=C(CC(OCOC)[C@H]1COC(C)(C)O1)C(=O)OC. The van der Waals surface area contributed by atoms with E-state index in [-0.39, 0.29) is 19.0 Å². The number of methoxy groups -OCH3 is 2. The lowest BCUT2D eigenvalue weighted by molar-refractivity contribution is -0.169. The fraction of sp³-hybridized carbons (Fsp3) is 0.769. The lowest BCUT2D eigenvalue weighted by Gasteiger charge is -2.24. The first-order chi connectivity index (χ1) is 8.89. The van der Waals surface area contributed by atoms with Crippen molar-refractivity contribution < 1.29 is 28.5 Å². The van der Waals surface area contributed by atoms with E-state index in [1.807, 2.05) is 13.8 Å². The molecule has 1 unspecified atom stereocenters. The van der Waals surface area contributed by atoms with Gasteiger partial charge < -0.3 is 23.7 Å². The lowest BCUT2D eigenvalue weighted by atomic mass is 10.1. The topological polar surface area (TPSA) is 63.2 Å². The number of carbonyl (C=O) groups is 1. The fourth-order valence-electron chi connectivity index (χ4n) is 1.82. The second kappa shape index (κ2) is 7.00. The highest BCUT2D eigenvalue weighted by molar-refractivity contribution is 5.87. The van der Waals surface area contributed by atoms with E-state index in [9.17, 15) is 4.79 Å². The van der Waals surface area contributed by atoms with E-state index in [0.29, 0.717) is 18.6 Å². The van der Waals surface area contributed by atoms with Gasteiger partial charge in [0.05, 0.1) is 19.8 Å². The van der Waals surface area contributed by atoms with Crippen molar-refractivity contribution >= 4 is 5.97 Å². The third-order valence-corrected chi connectivity index (χ3v) is 2.77. The molecule has 0 amide bonds. The molecular weight excluding hydrogens is 252 g/mol. The predicted octanol–water partition coefficient (Wildman–Crippen LogP) is 1.25. The average molecular weight is 274 g/mol. The first-order valence-electron chi connectivity index (χ1n) is 6.08. The zero-order valence-electron chi connectivity index (χ0n) is 11.9. The summed E-state index contributed by atoms with van der Waals surface area (Å²) >= 11 is 0. The zero-order chi connectivity index (χ0) is 14.5. The van der Waals surface area contributed by atoms with Crippen LogP contribution < -0.4 is 0 Å². The Morgan fingerprint density at radius 3 is 2.63 bits per heavy atom. The highest BCUT2D eigenvalue weighted by Gasteiger charge is 2.38. The molecular formula is C13H22O6. The molecule has 0 aromatic carbocycles. The van der Waals surface area contributed by atoms with Crippen LogP contribution in [0.4, 0.5) is 0 Å². The smallest absolute Gasteiger partial charge is 0.333 e. The summed E-state index contributed by atoms with van der Waals surface area (Å²) in [5, 5.41) is 0. The first-order valence-corrected chi connectivity index (χ1v) is 6.08. The maximum Gasteiger partial charge on any atom is 0.333 e. The minimum Gasteiger partial charge on any atom is -0.466 e. The van der Waals surface area contributed by atoms with E-state index in [2.05, 4.69) is 11.3 Å². The van der Waals surface area contributed by atoms with E-state index in [1.165, 1.54) is 14.2 Å². The van der Waals surface area contributed by atoms with Crippen molar-refractivity contribution in [3.63, 3.8) is 0 Å². The molecule has 110 valence electrons. The fourth-order valence-corrected chi connectivity index (χ4v) is 1.82. The van der Waals surface area contributed by atoms with Crippen LogP contribution in [0, 0.1) is 0 Å². The second-order valence-corrected chi connectivity index (χ2v) is 4.78. The molecule has 0 aliphatic carbocycles. The van der Waals surface area contributed by atoms with Gasteiger partial charge in [0.25, 0.3) is 0 Å². The molecule has 0 radical (unpaired) electrons. The number of rotatable bonds is 7. The molecule has 1 saturated heterocycles. The molecule has 1 heterocycles. The van der Waals surface area contributed by atoms with Gasteiger partial charge in [-0.25, -0.2) is 4.79 Å². The molecule has 0 aromatic rings. The Morgan fingerprint density at radius 1 is 1.47 bits per heavy atom. The standard InChI is InChI=1S/C13H22O6/c1-9(12(14)16-5)6-10(17-8-15-4)11-7-18-13(2,3)19-11/h10-11H,1,6-8H2,2-5H3/t10?,11-/m1/s1. The minimum absolute atomic E-state index is 0.111. The van der Waals surface area contributed by atoms with Gasteiger partial charge in [-0.3, -0.25) is 0 Å². The molecule has 0 spiro atoms. The number of carbonyl (C=O) groups excluding carboxylic acids is 1. The Hall–Kier alpha value is -0.950. The molecule has 0 bridgehead atoms. The van der Waals surface area contributed by atoms with Crippen molar-refractivity contribution in [3.05, 3.63) is 12.2 Å². The van der Waals surface area contributed by atoms with Gasteiger partial charge in [0.1, 0.15) is 12.9 Å². The summed E-state index contributed by atoms with van der Waals surface area (Å²) in [5.74, 6) is -1.10. The normalized spacial score (nSPS) is 23.1. The Kier molecular flexibility index (Phi) is 5.93. The van der Waals surface area contributed by atoms with Crippen molar-refractivity contribution in [2.24, 2.45) is 0 Å². The second-order valence-electron chi connectivity index (χ2n) is 4.78. The van der Waals surface area contributed by atoms with Gasteiger partial charge in [-0.05, 0) is 13.8 Å². The molecule has 19 heavy (non-hydrogen) atoms. The van der Waals surface area contributed by atoms with Crippen LogP contribution in [0.2, 0.25) is 0 Å². The van der Waals surface area contributed by atoms with E-state index in [1.54, 1.807) is 0 Å². The molecule has 1 fully saturated rings. The number of ether oxygens (including phenoxy) is 5. The summed E-state index contributed by atoms with van der Waals surface area (Å²) in [6.45, 7) is 7.86. The van der Waals surface area contributed by atoms with Crippen LogP contribution in [0.5, 0.6) is 0 Å². The Balaban J connectivity index is 2.62. The molecule has 1 aliphatic heterocycles. The summed E-state index contributed by atoms with van der Waals surface area (Å²) in [6.07, 6.45) is -0.333.